The van der Waals surface area contributed by atoms with E-state index in [0.717, 1.165) is 25.7 Å². The van der Waals surface area contributed by atoms with Gasteiger partial charge in [0.25, 0.3) is 0 Å². The Morgan fingerprint density at radius 1 is 0.548 bits per heavy atom. The minimum Gasteiger partial charge on any atom is -0.459 e. The Hall–Kier alpha value is -1.15. The Balaban J connectivity index is 3.11. The summed E-state index contributed by atoms with van der Waals surface area (Å²) in [5, 5.41) is 33.4. The molecule has 0 aliphatic carbocycles. The Bertz CT molecular complexity index is 577. The van der Waals surface area contributed by atoms with Crippen LogP contribution in [0, 0.1) is 0 Å². The maximum absolute atomic E-state index is 11.5. The topological polar surface area (TPSA) is 120 Å². The van der Waals surface area contributed by atoms with Gasteiger partial charge in [-0.25, -0.2) is 14.9 Å². The van der Waals surface area contributed by atoms with E-state index < -0.39 is 0 Å². The quantitative estimate of drug-likeness (QED) is 0.0243. The van der Waals surface area contributed by atoms with Gasteiger partial charge in [0.15, 0.2) is 0 Å². The summed E-state index contributed by atoms with van der Waals surface area (Å²) >= 11 is 0. The van der Waals surface area contributed by atoms with Crippen LogP contribution < -0.4 is 0 Å². The lowest BCUT2D eigenvalue weighted by Crippen LogP contribution is -2.15. The van der Waals surface area contributed by atoms with Crippen molar-refractivity contribution in [1.29, 1.82) is 0 Å². The van der Waals surface area contributed by atoms with Gasteiger partial charge < -0.3 is 4.74 Å². The summed E-state index contributed by atoms with van der Waals surface area (Å²) in [4.78, 5) is 16.2. The average molecular weight is 609 g/mol. The molecule has 42 heavy (non-hydrogen) atoms. The summed E-state index contributed by atoms with van der Waals surface area (Å²) in [5.41, 5.74) is 0.476. The molecule has 250 valence electrons. The molecule has 1 atom stereocenters. The third-order valence-corrected chi connectivity index (χ3v) is 7.21. The van der Waals surface area contributed by atoms with Gasteiger partial charge in [-0.2, -0.15) is 0 Å². The lowest BCUT2D eigenvalue weighted by atomic mass is 10.0. The lowest BCUT2D eigenvalue weighted by molar-refractivity contribution is -0.830. The van der Waals surface area contributed by atoms with Gasteiger partial charge in [-0.05, 0) is 68.4 Å². The van der Waals surface area contributed by atoms with Crippen LogP contribution in [0.3, 0.4) is 0 Å². The standard InChI is InChI=1S/C31H60O11/c1-29(2)31(32)35-30(3)27-25-23-21-19-17-15-13-11-9-7-5-4-6-8-10-12-14-16-18-20-22-24-26-28-34-37-39-41-42-40-38-36-33/h30,33H,1,4-28H2,2-3H3. The summed E-state index contributed by atoms with van der Waals surface area (Å²) in [6.45, 7) is 7.65. The van der Waals surface area contributed by atoms with Gasteiger partial charge >= 0.3 is 5.97 Å². The number of unbranched alkanes of at least 4 members (excludes halogenated alkanes) is 22. The van der Waals surface area contributed by atoms with Crippen molar-refractivity contribution < 1.29 is 54.9 Å². The van der Waals surface area contributed by atoms with Crippen LogP contribution in [0.1, 0.15) is 168 Å². The highest BCUT2D eigenvalue weighted by Gasteiger charge is 2.09. The fourth-order valence-electron chi connectivity index (χ4n) is 4.76. The molecule has 0 bridgehead atoms. The van der Waals surface area contributed by atoms with Crippen LogP contribution in [-0.2, 0) is 49.7 Å². The van der Waals surface area contributed by atoms with Crippen molar-refractivity contribution in [1.82, 2.24) is 0 Å². The number of esters is 1. The molecule has 0 saturated carbocycles. The lowest BCUT2D eigenvalue weighted by Gasteiger charge is -2.12. The number of hydrogen-bond donors (Lipinski definition) is 1. The van der Waals surface area contributed by atoms with Crippen LogP contribution in [0.15, 0.2) is 12.2 Å². The highest BCUT2D eigenvalue weighted by atomic mass is 17.9. The molecule has 0 rings (SSSR count). The molecule has 0 fully saturated rings. The van der Waals surface area contributed by atoms with Crippen LogP contribution in [0.25, 0.3) is 0 Å². The van der Waals surface area contributed by atoms with Gasteiger partial charge in [0.1, 0.15) is 0 Å². The molecule has 0 heterocycles. The van der Waals surface area contributed by atoms with Crippen LogP contribution in [0.2, 0.25) is 0 Å². The van der Waals surface area contributed by atoms with Crippen molar-refractivity contribution in [3.05, 3.63) is 12.2 Å². The van der Waals surface area contributed by atoms with Gasteiger partial charge in [0, 0.05) is 5.57 Å². The van der Waals surface area contributed by atoms with Gasteiger partial charge in [0.2, 0.25) is 0 Å². The van der Waals surface area contributed by atoms with E-state index in [-0.39, 0.29) is 12.1 Å². The second-order valence-corrected chi connectivity index (χ2v) is 11.2. The van der Waals surface area contributed by atoms with Crippen LogP contribution in [0.5, 0.6) is 0 Å². The van der Waals surface area contributed by atoms with Gasteiger partial charge in [0.05, 0.1) is 12.7 Å². The number of carbonyl (C=O) groups is 1. The summed E-state index contributed by atoms with van der Waals surface area (Å²) in [6.07, 6.45) is 30.9. The minimum atomic E-state index is -0.270. The zero-order valence-electron chi connectivity index (χ0n) is 26.5. The Labute approximate surface area is 253 Å². The van der Waals surface area contributed by atoms with Gasteiger partial charge in [-0.3, -0.25) is 0 Å². The maximum Gasteiger partial charge on any atom is 0.333 e. The predicted octanol–water partition coefficient (Wildman–Crippen LogP) is 9.87. The molecule has 0 radical (unpaired) electrons. The summed E-state index contributed by atoms with van der Waals surface area (Å²) in [5.74, 6) is -0.270. The van der Waals surface area contributed by atoms with Crippen molar-refractivity contribution in [2.45, 2.75) is 174 Å². The number of hydrogen-bond acceptors (Lipinski definition) is 11. The van der Waals surface area contributed by atoms with Gasteiger partial charge in [-0.15, -0.1) is 0 Å². The van der Waals surface area contributed by atoms with E-state index in [2.05, 4.69) is 41.8 Å². The largest absolute Gasteiger partial charge is 0.459 e. The van der Waals surface area contributed by atoms with Crippen LogP contribution in [-0.4, -0.2) is 23.9 Å². The zero-order valence-corrected chi connectivity index (χ0v) is 26.5. The molecule has 0 saturated heterocycles. The first-order valence-electron chi connectivity index (χ1n) is 16.4. The van der Waals surface area contributed by atoms with E-state index in [0.29, 0.717) is 12.2 Å². The third kappa shape index (κ3) is 33.4. The monoisotopic (exact) mass is 608 g/mol. The molecule has 0 aromatic carbocycles. The Kier molecular flexibility index (Phi) is 33.4. The maximum atomic E-state index is 11.5. The van der Waals surface area contributed by atoms with Crippen molar-refractivity contribution in [2.75, 3.05) is 6.61 Å². The molecule has 0 spiro atoms. The van der Waals surface area contributed by atoms with E-state index in [4.69, 9.17) is 14.9 Å². The fourth-order valence-corrected chi connectivity index (χ4v) is 4.76. The van der Waals surface area contributed by atoms with E-state index in [1.165, 1.54) is 128 Å². The van der Waals surface area contributed by atoms with E-state index in [1.807, 2.05) is 6.92 Å². The number of ether oxygens (including phenoxy) is 1. The van der Waals surface area contributed by atoms with E-state index in [1.54, 1.807) is 6.92 Å². The average Bonchev–Trinajstić information content (AvgIpc) is 2.97. The number of carbonyl (C=O) groups excluding carboxylic acids is 1. The molecular weight excluding hydrogens is 548 g/mol. The summed E-state index contributed by atoms with van der Waals surface area (Å²) in [6, 6.07) is 0. The highest BCUT2D eigenvalue weighted by Crippen LogP contribution is 2.16. The van der Waals surface area contributed by atoms with Crippen molar-refractivity contribution >= 4 is 5.97 Å². The normalized spacial score (nSPS) is 12.1. The first-order chi connectivity index (χ1) is 20.6. The molecule has 1 unspecified atom stereocenters. The third-order valence-electron chi connectivity index (χ3n) is 7.21. The first kappa shape index (κ1) is 40.9. The highest BCUT2D eigenvalue weighted by molar-refractivity contribution is 5.87. The van der Waals surface area contributed by atoms with Crippen LogP contribution >= 0.6 is 0 Å². The van der Waals surface area contributed by atoms with Crippen molar-refractivity contribution in [2.24, 2.45) is 0 Å². The molecule has 0 aromatic rings. The van der Waals surface area contributed by atoms with Crippen molar-refractivity contribution in [3.63, 3.8) is 0 Å². The molecule has 0 aliphatic heterocycles. The van der Waals surface area contributed by atoms with E-state index in [9.17, 15) is 4.79 Å². The first-order valence-corrected chi connectivity index (χ1v) is 16.4. The second kappa shape index (κ2) is 34.3. The molecule has 0 amide bonds. The molecule has 11 nitrogen and oxygen atoms in total. The molecule has 1 N–H and O–H groups in total. The van der Waals surface area contributed by atoms with Gasteiger partial charge in [-0.1, -0.05) is 141 Å². The number of rotatable bonds is 35. The van der Waals surface area contributed by atoms with Crippen LogP contribution in [0.4, 0.5) is 0 Å². The summed E-state index contributed by atoms with van der Waals surface area (Å²) in [7, 11) is 0. The predicted molar refractivity (Wildman–Crippen MR) is 157 cm³/mol. The SMILES string of the molecule is C=C(C)C(=O)OC(C)CCCCCCCCCCCCCCCCCCCCCCCCCOOOOOOOOO. The van der Waals surface area contributed by atoms with Crippen molar-refractivity contribution in [3.8, 4) is 0 Å². The molecule has 0 aromatic heterocycles. The smallest absolute Gasteiger partial charge is 0.333 e. The Morgan fingerprint density at radius 2 is 0.881 bits per heavy atom. The molecular formula is C31H60O11. The second-order valence-electron chi connectivity index (χ2n) is 11.2. The molecule has 0 aliphatic rings. The molecule has 11 heteroatoms. The van der Waals surface area contributed by atoms with E-state index >= 15 is 0 Å². The fraction of sp³-hybridized carbons (Fsp3) is 0.903. The minimum absolute atomic E-state index is 0.00433. The Morgan fingerprint density at radius 3 is 1.26 bits per heavy atom. The zero-order chi connectivity index (χ0) is 30.8. The summed E-state index contributed by atoms with van der Waals surface area (Å²) < 4.78 is 5.32.